The van der Waals surface area contributed by atoms with Gasteiger partial charge in [0.2, 0.25) is 0 Å². The number of aromatic nitrogens is 1. The smallest absolute Gasteiger partial charge is 0.343 e. The molecular weight excluding hydrogens is 637 g/mol. The third-order valence-electron chi connectivity index (χ3n) is 8.47. The maximum Gasteiger partial charge on any atom is 0.343 e. The Labute approximate surface area is 289 Å². The molecule has 49 heavy (non-hydrogen) atoms. The summed E-state index contributed by atoms with van der Waals surface area (Å²) in [5.41, 5.74) is 3.37. The fraction of sp³-hybridized carbons (Fsp3) is 0.225. The van der Waals surface area contributed by atoms with Gasteiger partial charge in [-0.05, 0) is 78.4 Å². The Kier molecular flexibility index (Phi) is 10.4. The summed E-state index contributed by atoms with van der Waals surface area (Å²) >= 11 is 1.27. The molecule has 0 aliphatic carbocycles. The van der Waals surface area contributed by atoms with Crippen LogP contribution in [0.2, 0.25) is 0 Å². The fourth-order valence-electron chi connectivity index (χ4n) is 5.67. The number of esters is 1. The minimum atomic E-state index is -0.707. The second-order valence-electron chi connectivity index (χ2n) is 11.7. The number of hydrogen-bond acceptors (Lipinski definition) is 8. The summed E-state index contributed by atoms with van der Waals surface area (Å²) < 4.78 is 25.3. The van der Waals surface area contributed by atoms with Crippen LogP contribution in [0.3, 0.4) is 0 Å². The lowest BCUT2D eigenvalue weighted by Crippen LogP contribution is -2.40. The van der Waals surface area contributed by atoms with Crippen LogP contribution in [-0.4, -0.2) is 30.9 Å². The maximum absolute atomic E-state index is 14.1. The molecule has 5 aromatic rings. The van der Waals surface area contributed by atoms with Crippen LogP contribution in [0.5, 0.6) is 23.0 Å². The minimum absolute atomic E-state index is 0.260. The van der Waals surface area contributed by atoms with E-state index in [0.717, 1.165) is 23.3 Å². The van der Waals surface area contributed by atoms with Gasteiger partial charge in [-0.3, -0.25) is 9.36 Å². The van der Waals surface area contributed by atoms with E-state index in [9.17, 15) is 9.59 Å². The van der Waals surface area contributed by atoms with Gasteiger partial charge in [0.25, 0.3) is 5.56 Å². The molecule has 4 aromatic carbocycles. The highest BCUT2D eigenvalue weighted by molar-refractivity contribution is 7.07. The molecule has 0 saturated carbocycles. The van der Waals surface area contributed by atoms with Gasteiger partial charge < -0.3 is 18.9 Å². The van der Waals surface area contributed by atoms with Gasteiger partial charge in [0.15, 0.2) is 16.3 Å². The van der Waals surface area contributed by atoms with Gasteiger partial charge in [-0.25, -0.2) is 9.79 Å². The molecule has 1 aliphatic heterocycles. The van der Waals surface area contributed by atoms with Crippen molar-refractivity contribution < 1.29 is 23.7 Å². The SMILES string of the molecule is CCC(C)c1ccc(OCCOc2ccc(C=c3sc4n(c3=O)C(c3ccccc3)C(C(=O)Oc3ccccc3)=C(C)N=4)cc2OC)cc1. The number of carbonyl (C=O) groups excluding carboxylic acids is 1. The van der Waals surface area contributed by atoms with E-state index in [4.69, 9.17) is 23.9 Å². The number of allylic oxidation sites excluding steroid dienone is 1. The van der Waals surface area contributed by atoms with Crippen molar-refractivity contribution in [1.29, 1.82) is 0 Å². The predicted octanol–water partition coefficient (Wildman–Crippen LogP) is 6.82. The van der Waals surface area contributed by atoms with E-state index in [1.54, 1.807) is 48.9 Å². The zero-order chi connectivity index (χ0) is 34.3. The number of rotatable bonds is 12. The summed E-state index contributed by atoms with van der Waals surface area (Å²) in [5.74, 6) is 2.27. The zero-order valence-corrected chi connectivity index (χ0v) is 28.7. The molecule has 2 atom stereocenters. The Hall–Kier alpha value is -5.41. The van der Waals surface area contributed by atoms with Gasteiger partial charge in [-0.1, -0.05) is 91.9 Å². The predicted molar refractivity (Wildman–Crippen MR) is 191 cm³/mol. The third-order valence-corrected chi connectivity index (χ3v) is 9.45. The van der Waals surface area contributed by atoms with E-state index >= 15 is 0 Å². The van der Waals surface area contributed by atoms with E-state index in [1.165, 1.54) is 16.9 Å². The standard InChI is InChI=1S/C40H38N2O6S/c1-5-26(2)29-17-19-31(20-18-29)46-22-23-47-33-21-16-28(24-34(33)45-4)25-35-38(43)42-37(30-12-8-6-9-13-30)36(27(3)41-40(42)49-35)39(44)48-32-14-10-7-11-15-32/h6-21,24-26,37H,5,22-23H2,1-4H3. The number of hydrogen-bond donors (Lipinski definition) is 0. The Morgan fingerprint density at radius 3 is 2.29 bits per heavy atom. The molecule has 8 nitrogen and oxygen atoms in total. The first-order chi connectivity index (χ1) is 23.9. The average molecular weight is 675 g/mol. The first kappa shape index (κ1) is 33.5. The molecule has 250 valence electrons. The van der Waals surface area contributed by atoms with Crippen molar-refractivity contribution in [2.45, 2.75) is 39.2 Å². The largest absolute Gasteiger partial charge is 0.493 e. The van der Waals surface area contributed by atoms with Crippen LogP contribution in [0.15, 0.2) is 124 Å². The number of benzene rings is 4. The molecule has 0 amide bonds. The average Bonchev–Trinajstić information content (AvgIpc) is 3.43. The lowest BCUT2D eigenvalue weighted by Gasteiger charge is -2.24. The monoisotopic (exact) mass is 674 g/mol. The van der Waals surface area contributed by atoms with Crippen molar-refractivity contribution in [2.75, 3.05) is 20.3 Å². The number of carbonyl (C=O) groups is 1. The van der Waals surface area contributed by atoms with Crippen LogP contribution in [0.1, 0.15) is 55.8 Å². The second kappa shape index (κ2) is 15.2. The van der Waals surface area contributed by atoms with Crippen LogP contribution in [0.25, 0.3) is 6.08 Å². The fourth-order valence-corrected chi connectivity index (χ4v) is 6.71. The minimum Gasteiger partial charge on any atom is -0.493 e. The second-order valence-corrected chi connectivity index (χ2v) is 12.7. The number of methoxy groups -OCH3 is 1. The first-order valence-electron chi connectivity index (χ1n) is 16.2. The van der Waals surface area contributed by atoms with Gasteiger partial charge in [-0.15, -0.1) is 0 Å². The van der Waals surface area contributed by atoms with Crippen LogP contribution in [0, 0.1) is 0 Å². The van der Waals surface area contributed by atoms with Gasteiger partial charge in [0.05, 0.1) is 29.0 Å². The highest BCUT2D eigenvalue weighted by Gasteiger charge is 2.33. The molecule has 0 spiro atoms. The highest BCUT2D eigenvalue weighted by atomic mass is 32.1. The lowest BCUT2D eigenvalue weighted by molar-refractivity contribution is -0.130. The molecule has 0 N–H and O–H groups in total. The van der Waals surface area contributed by atoms with Crippen molar-refractivity contribution in [2.24, 2.45) is 4.99 Å². The quantitative estimate of drug-likeness (QED) is 0.0820. The molecule has 2 heterocycles. The van der Waals surface area contributed by atoms with Crippen LogP contribution in [-0.2, 0) is 4.79 Å². The third kappa shape index (κ3) is 7.52. The highest BCUT2D eigenvalue weighted by Crippen LogP contribution is 2.32. The maximum atomic E-state index is 14.1. The summed E-state index contributed by atoms with van der Waals surface area (Å²) in [4.78, 5) is 32.9. The normalized spacial score (nSPS) is 14.9. The van der Waals surface area contributed by atoms with Gasteiger partial charge in [0, 0.05) is 0 Å². The van der Waals surface area contributed by atoms with Crippen LogP contribution >= 0.6 is 11.3 Å². The van der Waals surface area contributed by atoms with E-state index in [-0.39, 0.29) is 5.56 Å². The summed E-state index contributed by atoms with van der Waals surface area (Å²) in [6.45, 7) is 6.87. The molecule has 1 aromatic heterocycles. The molecule has 0 fully saturated rings. The Balaban J connectivity index is 1.23. The van der Waals surface area contributed by atoms with Gasteiger partial charge in [-0.2, -0.15) is 0 Å². The Bertz CT molecular complexity index is 2140. The summed E-state index contributed by atoms with van der Waals surface area (Å²) in [6.07, 6.45) is 2.89. The molecule has 1 aliphatic rings. The van der Waals surface area contributed by atoms with Gasteiger partial charge in [0.1, 0.15) is 24.7 Å². The summed E-state index contributed by atoms with van der Waals surface area (Å²) in [7, 11) is 1.58. The molecule has 2 unspecified atom stereocenters. The van der Waals surface area contributed by atoms with Gasteiger partial charge >= 0.3 is 5.97 Å². The Morgan fingerprint density at radius 2 is 1.59 bits per heavy atom. The van der Waals surface area contributed by atoms with E-state index in [1.807, 2.05) is 66.7 Å². The Morgan fingerprint density at radius 1 is 0.898 bits per heavy atom. The van der Waals surface area contributed by atoms with Crippen molar-refractivity contribution in [1.82, 2.24) is 4.57 Å². The lowest BCUT2D eigenvalue weighted by atomic mass is 9.96. The number of thiazole rings is 1. The number of ether oxygens (including phenoxy) is 4. The van der Waals surface area contributed by atoms with E-state index in [0.29, 0.717) is 57.0 Å². The number of fused-ring (bicyclic) bond motifs is 1. The zero-order valence-electron chi connectivity index (χ0n) is 27.9. The topological polar surface area (TPSA) is 88.4 Å². The number of nitrogens with zero attached hydrogens (tertiary/aromatic N) is 2. The van der Waals surface area contributed by atoms with Crippen molar-refractivity contribution in [3.8, 4) is 23.0 Å². The molecule has 0 saturated heterocycles. The van der Waals surface area contributed by atoms with E-state index in [2.05, 4.69) is 26.0 Å². The summed E-state index contributed by atoms with van der Waals surface area (Å²) in [5, 5.41) is 0. The molecular formula is C40H38N2O6S. The van der Waals surface area contributed by atoms with Crippen LogP contribution < -0.4 is 33.8 Å². The molecule has 9 heteroatoms. The first-order valence-corrected chi connectivity index (χ1v) is 17.1. The number of para-hydroxylation sites is 1. The van der Waals surface area contributed by atoms with Crippen LogP contribution in [0.4, 0.5) is 0 Å². The van der Waals surface area contributed by atoms with E-state index < -0.39 is 12.0 Å². The van der Waals surface area contributed by atoms with Crippen molar-refractivity contribution in [3.63, 3.8) is 0 Å². The summed E-state index contributed by atoms with van der Waals surface area (Å²) in [6, 6.07) is 31.3. The molecule has 0 bridgehead atoms. The van der Waals surface area contributed by atoms with Crippen molar-refractivity contribution in [3.05, 3.63) is 151 Å². The molecule has 0 radical (unpaired) electrons. The molecule has 6 rings (SSSR count). The van der Waals surface area contributed by atoms with Crippen molar-refractivity contribution >= 4 is 23.4 Å².